The molecule has 0 atom stereocenters. The number of likely N-dealkylation sites (tertiary alicyclic amines) is 1. The Bertz CT molecular complexity index is 885. The van der Waals surface area contributed by atoms with Gasteiger partial charge in [-0.1, -0.05) is 12.1 Å². The minimum absolute atomic E-state index is 0.115. The van der Waals surface area contributed by atoms with Gasteiger partial charge in [0, 0.05) is 30.8 Å². The first kappa shape index (κ1) is 17.8. The Labute approximate surface area is 160 Å². The monoisotopic (exact) mass is 385 g/mol. The molecule has 0 radical (unpaired) electrons. The first-order valence-electron chi connectivity index (χ1n) is 8.98. The molecule has 8 heteroatoms. The summed E-state index contributed by atoms with van der Waals surface area (Å²) in [7, 11) is 0. The van der Waals surface area contributed by atoms with Crippen molar-refractivity contribution in [3.63, 3.8) is 0 Å². The van der Waals surface area contributed by atoms with Crippen molar-refractivity contribution in [2.45, 2.75) is 31.6 Å². The van der Waals surface area contributed by atoms with Crippen LogP contribution in [0.3, 0.4) is 0 Å². The second kappa shape index (κ2) is 7.96. The topological polar surface area (TPSA) is 74.8 Å². The van der Waals surface area contributed by atoms with Crippen molar-refractivity contribution >= 4 is 17.2 Å². The van der Waals surface area contributed by atoms with Crippen molar-refractivity contribution in [1.82, 2.24) is 25.1 Å². The van der Waals surface area contributed by atoms with E-state index in [-0.39, 0.29) is 11.7 Å². The number of amides is 1. The summed E-state index contributed by atoms with van der Waals surface area (Å²) >= 11 is 1.54. The van der Waals surface area contributed by atoms with Crippen LogP contribution in [0, 0.1) is 5.82 Å². The molecule has 2 aromatic heterocycles. The van der Waals surface area contributed by atoms with Crippen LogP contribution in [0.2, 0.25) is 0 Å². The van der Waals surface area contributed by atoms with Crippen molar-refractivity contribution < 1.29 is 9.18 Å². The minimum atomic E-state index is -0.240. The van der Waals surface area contributed by atoms with E-state index in [1.54, 1.807) is 23.5 Å². The van der Waals surface area contributed by atoms with E-state index in [1.165, 1.54) is 18.5 Å². The second-order valence-electron chi connectivity index (χ2n) is 6.74. The average molecular weight is 385 g/mol. The molecule has 0 unspecified atom stereocenters. The Kier molecular flexibility index (Phi) is 5.24. The Morgan fingerprint density at radius 3 is 2.74 bits per heavy atom. The molecule has 140 valence electrons. The molecular weight excluding hydrogens is 365 g/mol. The number of nitrogens with one attached hydrogen (secondary N) is 1. The van der Waals surface area contributed by atoms with Crippen molar-refractivity contribution in [2.75, 3.05) is 13.1 Å². The molecule has 0 saturated carbocycles. The maximum Gasteiger partial charge on any atom is 0.228 e. The molecular formula is C19H20FN5OS. The van der Waals surface area contributed by atoms with Crippen LogP contribution in [-0.2, 0) is 17.6 Å². The van der Waals surface area contributed by atoms with Gasteiger partial charge in [-0.3, -0.25) is 9.89 Å². The Balaban J connectivity index is 1.30. The third-order valence-corrected chi connectivity index (χ3v) is 5.77. The van der Waals surface area contributed by atoms with Gasteiger partial charge in [0.2, 0.25) is 5.91 Å². The largest absolute Gasteiger partial charge is 0.342 e. The molecule has 1 saturated heterocycles. The van der Waals surface area contributed by atoms with Crippen LogP contribution < -0.4 is 0 Å². The van der Waals surface area contributed by atoms with Crippen molar-refractivity contribution in [3.05, 3.63) is 63.9 Å². The summed E-state index contributed by atoms with van der Waals surface area (Å²) in [6.07, 6.45) is 4.30. The van der Waals surface area contributed by atoms with Gasteiger partial charge in [0.15, 0.2) is 0 Å². The van der Waals surface area contributed by atoms with Gasteiger partial charge < -0.3 is 4.90 Å². The van der Waals surface area contributed by atoms with Crippen LogP contribution in [-0.4, -0.2) is 44.1 Å². The van der Waals surface area contributed by atoms with Crippen molar-refractivity contribution in [2.24, 2.45) is 0 Å². The maximum absolute atomic E-state index is 13.0. The number of piperidine rings is 1. The van der Waals surface area contributed by atoms with E-state index in [0.717, 1.165) is 48.0 Å². The molecule has 0 aliphatic carbocycles. The number of H-pyrrole nitrogens is 1. The number of benzene rings is 1. The lowest BCUT2D eigenvalue weighted by molar-refractivity contribution is -0.131. The number of thiazole rings is 1. The molecule has 1 fully saturated rings. The van der Waals surface area contributed by atoms with Gasteiger partial charge in [0.05, 0.1) is 17.1 Å². The zero-order valence-corrected chi connectivity index (χ0v) is 15.6. The normalized spacial score (nSPS) is 15.2. The first-order valence-corrected chi connectivity index (χ1v) is 9.86. The summed E-state index contributed by atoms with van der Waals surface area (Å²) in [5, 5.41) is 9.70. The predicted molar refractivity (Wildman–Crippen MR) is 100.0 cm³/mol. The summed E-state index contributed by atoms with van der Waals surface area (Å²) in [6, 6.07) is 6.44. The van der Waals surface area contributed by atoms with E-state index in [2.05, 4.69) is 20.2 Å². The molecule has 1 aromatic carbocycles. The number of rotatable bonds is 5. The zero-order chi connectivity index (χ0) is 18.6. The number of hydrogen-bond acceptors (Lipinski definition) is 5. The van der Waals surface area contributed by atoms with Gasteiger partial charge in [-0.2, -0.15) is 5.10 Å². The third-order valence-electron chi connectivity index (χ3n) is 4.87. The maximum atomic E-state index is 13.0. The van der Waals surface area contributed by atoms with Crippen LogP contribution in [0.4, 0.5) is 4.39 Å². The molecule has 6 nitrogen and oxygen atoms in total. The second-order valence-corrected chi connectivity index (χ2v) is 7.68. The first-order chi connectivity index (χ1) is 13.2. The number of hydrogen-bond donors (Lipinski definition) is 1. The van der Waals surface area contributed by atoms with Crippen molar-refractivity contribution in [1.29, 1.82) is 0 Å². The van der Waals surface area contributed by atoms with E-state index < -0.39 is 0 Å². The molecule has 1 aliphatic rings. The lowest BCUT2D eigenvalue weighted by Crippen LogP contribution is -2.39. The fourth-order valence-electron chi connectivity index (χ4n) is 3.37. The van der Waals surface area contributed by atoms with Gasteiger partial charge in [-0.15, -0.1) is 11.3 Å². The lowest BCUT2D eigenvalue weighted by atomic mass is 9.96. The minimum Gasteiger partial charge on any atom is -0.342 e. The average Bonchev–Trinajstić information content (AvgIpc) is 3.36. The Hall–Kier alpha value is -2.61. The highest BCUT2D eigenvalue weighted by Gasteiger charge is 2.25. The summed E-state index contributed by atoms with van der Waals surface area (Å²) in [5.74, 6) is 1.13. The fraction of sp³-hybridized carbons (Fsp3) is 0.368. The van der Waals surface area contributed by atoms with E-state index in [0.29, 0.717) is 18.8 Å². The fourth-order valence-corrected chi connectivity index (χ4v) is 4.20. The highest BCUT2D eigenvalue weighted by atomic mass is 32.1. The van der Waals surface area contributed by atoms with E-state index in [1.807, 2.05) is 10.3 Å². The van der Waals surface area contributed by atoms with E-state index >= 15 is 0 Å². The molecule has 0 spiro atoms. The van der Waals surface area contributed by atoms with E-state index in [4.69, 9.17) is 0 Å². The van der Waals surface area contributed by atoms with Crippen molar-refractivity contribution in [3.8, 4) is 0 Å². The smallest absolute Gasteiger partial charge is 0.228 e. The molecule has 1 N–H and O–H groups in total. The summed E-state index contributed by atoms with van der Waals surface area (Å²) in [6.45, 7) is 1.47. The van der Waals surface area contributed by atoms with Gasteiger partial charge in [-0.05, 0) is 30.5 Å². The van der Waals surface area contributed by atoms with Crippen LogP contribution >= 0.6 is 11.3 Å². The van der Waals surface area contributed by atoms with Gasteiger partial charge in [0.25, 0.3) is 0 Å². The molecule has 3 aromatic rings. The Morgan fingerprint density at radius 1 is 1.26 bits per heavy atom. The van der Waals surface area contributed by atoms with Gasteiger partial charge in [-0.25, -0.2) is 14.4 Å². The predicted octanol–water partition coefficient (Wildman–Crippen LogP) is 2.94. The molecule has 27 heavy (non-hydrogen) atoms. The number of carbonyl (C=O) groups excluding carboxylic acids is 1. The lowest BCUT2D eigenvalue weighted by Gasteiger charge is -2.30. The summed E-state index contributed by atoms with van der Waals surface area (Å²) in [4.78, 5) is 23.3. The molecule has 3 heterocycles. The Morgan fingerprint density at radius 2 is 2.04 bits per heavy atom. The third kappa shape index (κ3) is 4.39. The van der Waals surface area contributed by atoms with Crippen LogP contribution in [0.15, 0.2) is 36.0 Å². The van der Waals surface area contributed by atoms with Crippen LogP contribution in [0.5, 0.6) is 0 Å². The molecule has 1 amide bonds. The number of nitrogens with zero attached hydrogens (tertiary/aromatic N) is 4. The molecule has 0 bridgehead atoms. The summed E-state index contributed by atoms with van der Waals surface area (Å²) in [5.41, 5.74) is 1.82. The van der Waals surface area contributed by atoms with Gasteiger partial charge >= 0.3 is 0 Å². The number of halogens is 1. The SMILES string of the molecule is O=C(Cc1csc(Cc2ccc(F)cc2)n1)N1CCC(c2ncn[nH]2)CC1. The number of aromatic nitrogens is 4. The van der Waals surface area contributed by atoms with Crippen LogP contribution in [0.25, 0.3) is 0 Å². The molecule has 4 rings (SSSR count). The standard InChI is InChI=1S/C19H20FN5OS/c20-15-3-1-13(2-4-15)9-17-23-16(11-27-17)10-18(26)25-7-5-14(6-8-25)19-21-12-22-24-19/h1-4,11-12,14H,5-10H2,(H,21,22,24). The highest BCUT2D eigenvalue weighted by molar-refractivity contribution is 7.09. The highest BCUT2D eigenvalue weighted by Crippen LogP contribution is 2.25. The van der Waals surface area contributed by atoms with Gasteiger partial charge in [0.1, 0.15) is 18.0 Å². The quantitative estimate of drug-likeness (QED) is 0.733. The summed E-state index contributed by atoms with van der Waals surface area (Å²) < 4.78 is 13.0. The molecule has 1 aliphatic heterocycles. The number of aromatic amines is 1. The van der Waals surface area contributed by atoms with E-state index in [9.17, 15) is 9.18 Å². The zero-order valence-electron chi connectivity index (χ0n) is 14.8. The van der Waals surface area contributed by atoms with Crippen LogP contribution in [0.1, 0.15) is 40.8 Å². The number of carbonyl (C=O) groups is 1.